The highest BCUT2D eigenvalue weighted by Crippen LogP contribution is 2.50. The second-order valence-corrected chi connectivity index (χ2v) is 16.0. The van der Waals surface area contributed by atoms with Crippen LogP contribution in [0.3, 0.4) is 0 Å². The number of carbonyl (C=O) groups is 2. The Bertz CT molecular complexity index is 1110. The molecule has 3 rings (SSSR count). The normalized spacial score (nSPS) is 45.9. The molecule has 3 aliphatic heterocycles. The zero-order valence-electron chi connectivity index (χ0n) is 31.5. The zero-order chi connectivity index (χ0) is 36.7. The van der Waals surface area contributed by atoms with Crippen molar-refractivity contribution < 1.29 is 48.6 Å². The van der Waals surface area contributed by atoms with Crippen molar-refractivity contribution >= 4 is 11.9 Å². The van der Waals surface area contributed by atoms with Gasteiger partial charge in [-0.1, -0.05) is 34.6 Å². The third kappa shape index (κ3) is 8.21. The van der Waals surface area contributed by atoms with E-state index in [1.54, 1.807) is 13.8 Å². The van der Waals surface area contributed by atoms with Crippen LogP contribution in [0.4, 0.5) is 0 Å². The lowest BCUT2D eigenvalue weighted by Gasteiger charge is -2.45. The average Bonchev–Trinajstić information content (AvgIpc) is 3.18. The van der Waals surface area contributed by atoms with E-state index in [-0.39, 0.29) is 30.4 Å². The first-order valence-corrected chi connectivity index (χ1v) is 17.7. The maximum absolute atomic E-state index is 13.7. The molecule has 0 aromatic rings. The molecule has 0 aliphatic carbocycles. The highest BCUT2D eigenvalue weighted by Gasteiger charge is 2.64. The zero-order valence-corrected chi connectivity index (χ0v) is 31.5. The molecule has 3 fully saturated rings. The fraction of sp³-hybridized carbons (Fsp3) is 0.943. The van der Waals surface area contributed by atoms with Crippen molar-refractivity contribution in [3.05, 3.63) is 0 Å². The van der Waals surface area contributed by atoms with E-state index in [2.05, 4.69) is 0 Å². The number of cyclic esters (lactones) is 1. The van der Waals surface area contributed by atoms with Gasteiger partial charge in [0.15, 0.2) is 18.2 Å². The molecule has 0 spiro atoms. The Morgan fingerprint density at radius 3 is 2.29 bits per heavy atom. The van der Waals surface area contributed by atoms with Crippen LogP contribution in [0, 0.1) is 23.7 Å². The number of ether oxygens (including phenoxy) is 5. The van der Waals surface area contributed by atoms with E-state index >= 15 is 0 Å². The summed E-state index contributed by atoms with van der Waals surface area (Å²) in [4.78, 5) is 30.9. The first-order chi connectivity index (χ1) is 22.0. The number of esters is 2. The smallest absolute Gasteiger partial charge is 0.323 e. The number of hydrogen-bond acceptors (Lipinski definition) is 13. The van der Waals surface area contributed by atoms with Crippen LogP contribution in [-0.2, 0) is 33.3 Å². The lowest BCUT2D eigenvalue weighted by molar-refractivity contribution is -0.289. The van der Waals surface area contributed by atoms with Crippen LogP contribution in [0.15, 0.2) is 0 Å². The van der Waals surface area contributed by atoms with Crippen LogP contribution < -0.4 is 5.73 Å². The van der Waals surface area contributed by atoms with Gasteiger partial charge in [0.1, 0.15) is 29.8 Å². The van der Waals surface area contributed by atoms with Crippen LogP contribution in [0.2, 0.25) is 0 Å². The Morgan fingerprint density at radius 1 is 1.15 bits per heavy atom. The molecule has 0 amide bonds. The molecule has 0 aromatic carbocycles. The molecule has 0 aromatic heterocycles. The van der Waals surface area contributed by atoms with Gasteiger partial charge in [0.25, 0.3) is 0 Å². The molecule has 48 heavy (non-hydrogen) atoms. The standard InChI is InChI=1S/C35H65N3O10/c1-14-25-34(10,42)28(39)23(8)38(13)17-19(4)16-33(9)29(21(6)35(43,48-33)22(7)30(40)45-25)47-32-27(46-31(41)26(36)18(2)3)24(37(11)12)15-20(5)44-32/h18-29,32,39,42-43H,14-17,36H2,1-13H3/t19-,20-,21-,22+,23-,24+,25-,26+,27-,28-,29-,32+,33+,34-,35+/m1/s1. The number of likely N-dealkylation sites (N-methyl/N-ethyl adjacent to an activating group) is 2. The average molecular weight is 688 g/mol. The molecule has 3 aliphatic rings. The number of hydrogen-bond donors (Lipinski definition) is 4. The van der Waals surface area contributed by atoms with Crippen molar-refractivity contribution in [1.29, 1.82) is 0 Å². The Kier molecular flexibility index (Phi) is 13.2. The van der Waals surface area contributed by atoms with Crippen molar-refractivity contribution in [3.63, 3.8) is 0 Å². The first-order valence-electron chi connectivity index (χ1n) is 17.7. The van der Waals surface area contributed by atoms with Crippen LogP contribution in [0.1, 0.15) is 88.5 Å². The number of fused-ring (bicyclic) bond motifs is 2. The van der Waals surface area contributed by atoms with E-state index in [4.69, 9.17) is 29.4 Å². The SMILES string of the molecule is CC[C@H]1OC(=O)[C@H](C)[C@@]2(O)O[C@@](C)(C[C@@H](C)CN(C)[C@H](C)[C@@H](O)[C@]1(C)O)[C@H](O[C@@H]1O[C@H](C)C[C@H](N(C)C)[C@H]1OC(=O)[C@@H](N)C(C)C)[C@H]2C. The van der Waals surface area contributed by atoms with E-state index in [1.165, 1.54) is 13.8 Å². The lowest BCUT2D eigenvalue weighted by atomic mass is 9.80. The summed E-state index contributed by atoms with van der Waals surface area (Å²) < 4.78 is 31.7. The Balaban J connectivity index is 2.08. The summed E-state index contributed by atoms with van der Waals surface area (Å²) in [6, 6.07) is -1.57. The van der Waals surface area contributed by atoms with Gasteiger partial charge in [0.2, 0.25) is 0 Å². The van der Waals surface area contributed by atoms with Gasteiger partial charge in [-0.3, -0.25) is 9.59 Å². The summed E-state index contributed by atoms with van der Waals surface area (Å²) in [5, 5.41) is 35.1. The van der Waals surface area contributed by atoms with Gasteiger partial charge in [-0.05, 0) is 86.9 Å². The predicted molar refractivity (Wildman–Crippen MR) is 179 cm³/mol. The van der Waals surface area contributed by atoms with Crippen LogP contribution in [-0.4, -0.2) is 137 Å². The summed E-state index contributed by atoms with van der Waals surface area (Å²) in [6.07, 6.45) is -3.99. The van der Waals surface area contributed by atoms with E-state index in [1.807, 2.05) is 72.5 Å². The molecule has 3 saturated heterocycles. The van der Waals surface area contributed by atoms with E-state index in [9.17, 15) is 24.9 Å². The third-order valence-corrected chi connectivity index (χ3v) is 11.2. The summed E-state index contributed by atoms with van der Waals surface area (Å²) in [5.41, 5.74) is 3.29. The number of nitrogens with zero attached hydrogens (tertiary/aromatic N) is 2. The van der Waals surface area contributed by atoms with E-state index in [0.717, 1.165) is 0 Å². The fourth-order valence-corrected chi connectivity index (χ4v) is 7.93. The van der Waals surface area contributed by atoms with Crippen molar-refractivity contribution in [2.24, 2.45) is 29.4 Å². The quantitative estimate of drug-likeness (QED) is 0.286. The summed E-state index contributed by atoms with van der Waals surface area (Å²) >= 11 is 0. The summed E-state index contributed by atoms with van der Waals surface area (Å²) in [6.45, 7) is 18.4. The minimum atomic E-state index is -2.03. The lowest BCUT2D eigenvalue weighted by Crippen LogP contribution is -2.59. The van der Waals surface area contributed by atoms with Gasteiger partial charge in [0.05, 0.1) is 23.9 Å². The molecule has 15 atom stereocenters. The summed E-state index contributed by atoms with van der Waals surface area (Å²) in [7, 11) is 5.68. The molecule has 13 heteroatoms. The van der Waals surface area contributed by atoms with Gasteiger partial charge in [-0.2, -0.15) is 0 Å². The molecule has 13 nitrogen and oxygen atoms in total. The van der Waals surface area contributed by atoms with Gasteiger partial charge >= 0.3 is 11.9 Å². The monoisotopic (exact) mass is 687 g/mol. The Labute approximate surface area is 287 Å². The topological polar surface area (TPSA) is 173 Å². The number of aliphatic hydroxyl groups excluding tert-OH is 1. The van der Waals surface area contributed by atoms with E-state index in [0.29, 0.717) is 19.4 Å². The number of rotatable bonds is 7. The molecule has 3 heterocycles. The Morgan fingerprint density at radius 2 is 1.75 bits per heavy atom. The highest BCUT2D eigenvalue weighted by atomic mass is 16.7. The second-order valence-electron chi connectivity index (χ2n) is 16.0. The van der Waals surface area contributed by atoms with Gasteiger partial charge in [-0.15, -0.1) is 0 Å². The fourth-order valence-electron chi connectivity index (χ4n) is 7.93. The molecule has 280 valence electrons. The number of nitrogens with two attached hydrogens (primary N) is 1. The van der Waals surface area contributed by atoms with Crippen molar-refractivity contribution in [1.82, 2.24) is 9.80 Å². The summed E-state index contributed by atoms with van der Waals surface area (Å²) in [5.74, 6) is -5.53. The molecular formula is C35H65N3O10. The molecule has 2 bridgehead atoms. The number of carbonyl (C=O) groups excluding carboxylic acids is 2. The van der Waals surface area contributed by atoms with Crippen molar-refractivity contribution in [3.8, 4) is 0 Å². The van der Waals surface area contributed by atoms with Gasteiger partial charge < -0.3 is 54.5 Å². The minimum absolute atomic E-state index is 0.0502. The number of aliphatic hydroxyl groups is 3. The van der Waals surface area contributed by atoms with Crippen molar-refractivity contribution in [2.45, 2.75) is 160 Å². The van der Waals surface area contributed by atoms with Crippen LogP contribution in [0.25, 0.3) is 0 Å². The molecule has 5 N–H and O–H groups in total. The van der Waals surface area contributed by atoms with Crippen molar-refractivity contribution in [2.75, 3.05) is 27.7 Å². The predicted octanol–water partition coefficient (Wildman–Crippen LogP) is 1.88. The molecule has 0 unspecified atom stereocenters. The maximum Gasteiger partial charge on any atom is 0.323 e. The Hall–Kier alpha value is -1.42. The first kappa shape index (κ1) is 41.0. The third-order valence-electron chi connectivity index (χ3n) is 11.2. The van der Waals surface area contributed by atoms with E-state index < -0.39 is 83.6 Å². The van der Waals surface area contributed by atoms with Gasteiger partial charge in [-0.25, -0.2) is 0 Å². The van der Waals surface area contributed by atoms with Gasteiger partial charge in [0, 0.05) is 18.5 Å². The molecule has 0 saturated carbocycles. The second kappa shape index (κ2) is 15.4. The van der Waals surface area contributed by atoms with Crippen LogP contribution in [0.5, 0.6) is 0 Å². The minimum Gasteiger partial charge on any atom is -0.459 e. The molecule has 0 radical (unpaired) electrons. The highest BCUT2D eigenvalue weighted by molar-refractivity contribution is 5.76. The van der Waals surface area contributed by atoms with Crippen LogP contribution >= 0.6 is 0 Å². The maximum atomic E-state index is 13.7. The molecular weight excluding hydrogens is 622 g/mol. The largest absolute Gasteiger partial charge is 0.459 e.